The van der Waals surface area contributed by atoms with Gasteiger partial charge < -0.3 is 4.74 Å². The SMILES string of the molecule is CN(C)S(=O)(=O)c1cccc(COC(=O)c2cc(-c3cccs3)nn2-c2ccccc2)c1. The molecule has 0 aliphatic carbocycles. The Morgan fingerprint density at radius 3 is 2.50 bits per heavy atom. The Balaban J connectivity index is 1.60. The molecule has 0 aliphatic heterocycles. The van der Waals surface area contributed by atoms with E-state index in [9.17, 15) is 13.2 Å². The van der Waals surface area contributed by atoms with Gasteiger partial charge in [-0.05, 0) is 41.3 Å². The maximum absolute atomic E-state index is 13.0. The van der Waals surface area contributed by atoms with Crippen molar-refractivity contribution in [2.24, 2.45) is 0 Å². The maximum Gasteiger partial charge on any atom is 0.357 e. The van der Waals surface area contributed by atoms with Crippen LogP contribution in [0.15, 0.2) is 83.1 Å². The van der Waals surface area contributed by atoms with Crippen molar-refractivity contribution >= 4 is 27.3 Å². The minimum atomic E-state index is -3.57. The molecule has 0 fully saturated rings. The summed E-state index contributed by atoms with van der Waals surface area (Å²) in [4.78, 5) is 14.1. The molecule has 0 spiro atoms. The zero-order valence-electron chi connectivity index (χ0n) is 17.5. The van der Waals surface area contributed by atoms with E-state index in [1.54, 1.807) is 22.9 Å². The molecule has 0 amide bonds. The normalized spacial score (nSPS) is 11.6. The Labute approximate surface area is 190 Å². The first-order valence-corrected chi connectivity index (χ1v) is 12.1. The molecule has 7 nitrogen and oxygen atoms in total. The van der Waals surface area contributed by atoms with Crippen LogP contribution in [0.25, 0.3) is 16.3 Å². The summed E-state index contributed by atoms with van der Waals surface area (Å²) in [6.07, 6.45) is 0. The average Bonchev–Trinajstić information content (AvgIpc) is 3.48. The van der Waals surface area contributed by atoms with Crippen LogP contribution < -0.4 is 0 Å². The number of benzene rings is 2. The lowest BCUT2D eigenvalue weighted by Gasteiger charge is -2.12. The van der Waals surface area contributed by atoms with E-state index < -0.39 is 16.0 Å². The van der Waals surface area contributed by atoms with Crippen LogP contribution >= 0.6 is 11.3 Å². The second kappa shape index (κ2) is 9.07. The summed E-state index contributed by atoms with van der Waals surface area (Å²) < 4.78 is 33.0. The number of para-hydroxylation sites is 1. The maximum atomic E-state index is 13.0. The Morgan fingerprint density at radius 2 is 1.81 bits per heavy atom. The first-order valence-electron chi connectivity index (χ1n) is 9.74. The van der Waals surface area contributed by atoms with Crippen LogP contribution in [-0.2, 0) is 21.4 Å². The van der Waals surface area contributed by atoms with E-state index in [1.807, 2.05) is 47.8 Å². The first-order chi connectivity index (χ1) is 15.4. The zero-order chi connectivity index (χ0) is 22.7. The zero-order valence-corrected chi connectivity index (χ0v) is 19.1. The molecule has 0 N–H and O–H groups in total. The molecule has 4 rings (SSSR count). The first kappa shape index (κ1) is 21.9. The van der Waals surface area contributed by atoms with Crippen LogP contribution in [0.3, 0.4) is 0 Å². The van der Waals surface area contributed by atoms with E-state index in [0.717, 1.165) is 14.9 Å². The fraction of sp³-hybridized carbons (Fsp3) is 0.130. The number of aromatic nitrogens is 2. The molecule has 4 aromatic rings. The van der Waals surface area contributed by atoms with Crippen LogP contribution in [0, 0.1) is 0 Å². The highest BCUT2D eigenvalue weighted by Gasteiger charge is 2.21. The lowest BCUT2D eigenvalue weighted by Crippen LogP contribution is -2.22. The summed E-state index contributed by atoms with van der Waals surface area (Å²) in [7, 11) is -0.634. The number of ether oxygens (including phenoxy) is 1. The molecule has 2 heterocycles. The fourth-order valence-electron chi connectivity index (χ4n) is 3.07. The van der Waals surface area contributed by atoms with Crippen molar-refractivity contribution < 1.29 is 17.9 Å². The number of hydrogen-bond acceptors (Lipinski definition) is 6. The van der Waals surface area contributed by atoms with Crippen LogP contribution in [-0.4, -0.2) is 42.6 Å². The standard InChI is InChI=1S/C23H21N3O4S2/c1-25(2)32(28,29)19-11-6-8-17(14-19)16-30-23(27)21-15-20(22-12-7-13-31-22)24-26(21)18-9-4-3-5-10-18/h3-15H,16H2,1-2H3. The van der Waals surface area contributed by atoms with E-state index in [1.165, 1.54) is 37.6 Å². The van der Waals surface area contributed by atoms with Crippen molar-refractivity contribution in [1.82, 2.24) is 14.1 Å². The Bertz CT molecular complexity index is 1330. The van der Waals surface area contributed by atoms with Crippen LogP contribution in [0.1, 0.15) is 16.1 Å². The van der Waals surface area contributed by atoms with Crippen molar-refractivity contribution in [1.29, 1.82) is 0 Å². The second-order valence-electron chi connectivity index (χ2n) is 7.15. The number of rotatable bonds is 7. The molecule has 0 radical (unpaired) electrons. The molecule has 0 aliphatic rings. The van der Waals surface area contributed by atoms with Gasteiger partial charge in [0.15, 0.2) is 5.69 Å². The predicted molar refractivity (Wildman–Crippen MR) is 123 cm³/mol. The van der Waals surface area contributed by atoms with E-state index in [0.29, 0.717) is 11.3 Å². The third-order valence-electron chi connectivity index (χ3n) is 4.74. The number of thiophene rings is 1. The minimum Gasteiger partial charge on any atom is -0.456 e. The van der Waals surface area contributed by atoms with Crippen molar-refractivity contribution in [3.8, 4) is 16.3 Å². The van der Waals surface area contributed by atoms with Gasteiger partial charge in [0.1, 0.15) is 12.3 Å². The van der Waals surface area contributed by atoms with E-state index in [-0.39, 0.29) is 17.2 Å². The van der Waals surface area contributed by atoms with Crippen LogP contribution in [0.5, 0.6) is 0 Å². The molecule has 9 heteroatoms. The highest BCUT2D eigenvalue weighted by Crippen LogP contribution is 2.26. The molecule has 0 saturated carbocycles. The van der Waals surface area contributed by atoms with Gasteiger partial charge in [-0.3, -0.25) is 0 Å². The smallest absolute Gasteiger partial charge is 0.357 e. The van der Waals surface area contributed by atoms with E-state index in [2.05, 4.69) is 5.10 Å². The van der Waals surface area contributed by atoms with Gasteiger partial charge in [-0.15, -0.1) is 11.3 Å². The average molecular weight is 468 g/mol. The molecule has 32 heavy (non-hydrogen) atoms. The van der Waals surface area contributed by atoms with Gasteiger partial charge in [-0.1, -0.05) is 36.4 Å². The lowest BCUT2D eigenvalue weighted by atomic mass is 10.2. The number of carbonyl (C=O) groups is 1. The Kier molecular flexibility index (Phi) is 6.22. The van der Waals surface area contributed by atoms with Gasteiger partial charge in [0.05, 0.1) is 15.5 Å². The molecular weight excluding hydrogens is 446 g/mol. The number of sulfonamides is 1. The Morgan fingerprint density at radius 1 is 1.03 bits per heavy atom. The molecule has 0 saturated heterocycles. The predicted octanol–water partition coefficient (Wildman–Crippen LogP) is 4.21. The number of esters is 1. The summed E-state index contributed by atoms with van der Waals surface area (Å²) in [6, 6.07) is 21.3. The fourth-order valence-corrected chi connectivity index (χ4v) is 4.72. The topological polar surface area (TPSA) is 81.5 Å². The van der Waals surface area contributed by atoms with Crippen molar-refractivity contribution in [2.75, 3.05) is 14.1 Å². The van der Waals surface area contributed by atoms with E-state index in [4.69, 9.17) is 4.74 Å². The highest BCUT2D eigenvalue weighted by molar-refractivity contribution is 7.89. The number of nitrogens with zero attached hydrogens (tertiary/aromatic N) is 3. The van der Waals surface area contributed by atoms with Gasteiger partial charge in [-0.25, -0.2) is 22.2 Å². The molecule has 2 aromatic heterocycles. The van der Waals surface area contributed by atoms with Crippen molar-refractivity contribution in [2.45, 2.75) is 11.5 Å². The van der Waals surface area contributed by atoms with Crippen LogP contribution in [0.2, 0.25) is 0 Å². The third kappa shape index (κ3) is 4.50. The lowest BCUT2D eigenvalue weighted by molar-refractivity contribution is 0.0461. The summed E-state index contributed by atoms with van der Waals surface area (Å²) in [5.41, 5.74) is 2.28. The van der Waals surface area contributed by atoms with E-state index >= 15 is 0 Å². The molecule has 0 unspecified atom stereocenters. The van der Waals surface area contributed by atoms with Gasteiger partial charge >= 0.3 is 5.97 Å². The van der Waals surface area contributed by atoms with Crippen LogP contribution in [0.4, 0.5) is 0 Å². The molecule has 164 valence electrons. The quantitative estimate of drug-likeness (QED) is 0.380. The summed E-state index contributed by atoms with van der Waals surface area (Å²) in [6.45, 7) is -0.0655. The van der Waals surface area contributed by atoms with Crippen molar-refractivity contribution in [3.05, 3.63) is 89.4 Å². The highest BCUT2D eigenvalue weighted by atomic mass is 32.2. The van der Waals surface area contributed by atoms with Gasteiger partial charge in [0.2, 0.25) is 10.0 Å². The summed E-state index contributed by atoms with van der Waals surface area (Å²) in [5.74, 6) is -0.551. The number of carbonyl (C=O) groups excluding carboxylic acids is 1. The molecular formula is C23H21N3O4S2. The largest absolute Gasteiger partial charge is 0.456 e. The van der Waals surface area contributed by atoms with Crippen molar-refractivity contribution in [3.63, 3.8) is 0 Å². The van der Waals surface area contributed by atoms with Gasteiger partial charge in [-0.2, -0.15) is 5.10 Å². The Hall–Kier alpha value is -3.27. The van der Waals surface area contributed by atoms with Gasteiger partial charge in [0.25, 0.3) is 0 Å². The molecule has 0 bridgehead atoms. The third-order valence-corrected chi connectivity index (χ3v) is 7.44. The minimum absolute atomic E-state index is 0.0655. The summed E-state index contributed by atoms with van der Waals surface area (Å²) in [5, 5.41) is 6.55. The number of hydrogen-bond donors (Lipinski definition) is 0. The van der Waals surface area contributed by atoms with Gasteiger partial charge in [0, 0.05) is 20.2 Å². The monoisotopic (exact) mass is 467 g/mol. The molecule has 0 atom stereocenters. The summed E-state index contributed by atoms with van der Waals surface area (Å²) >= 11 is 1.53. The second-order valence-corrected chi connectivity index (χ2v) is 10.2. The molecule has 2 aromatic carbocycles.